The second kappa shape index (κ2) is 18.7. The number of para-hydroxylation sites is 3. The molecule has 0 radical (unpaired) electrons. The number of aryl methyl sites for hydroxylation is 1. The first-order valence-corrected chi connectivity index (χ1v) is 15.6. The zero-order valence-electron chi connectivity index (χ0n) is 23.6. The minimum absolute atomic E-state index is 0.335. The Balaban J connectivity index is 1.09. The molecule has 38 heavy (non-hydrogen) atoms. The van der Waals surface area contributed by atoms with Crippen LogP contribution in [0.4, 0.5) is 0 Å². The zero-order valence-corrected chi connectivity index (χ0v) is 23.6. The highest BCUT2D eigenvalue weighted by atomic mass is 16.4. The normalized spacial score (nSPS) is 11.5. The fourth-order valence-electron chi connectivity index (χ4n) is 5.50. The van der Waals surface area contributed by atoms with Gasteiger partial charge in [0, 0.05) is 6.42 Å². The first-order valence-electron chi connectivity index (χ1n) is 15.6. The highest BCUT2D eigenvalue weighted by Gasteiger charge is 2.06. The summed E-state index contributed by atoms with van der Waals surface area (Å²) in [7, 11) is 0. The second-order valence-electron chi connectivity index (χ2n) is 11.1. The largest absolute Gasteiger partial charge is 0.481 e. The Hall–Kier alpha value is -2.49. The molecule has 208 valence electrons. The minimum atomic E-state index is -0.657. The molecule has 1 N–H and O–H groups in total. The SMILES string of the molecule is O=C(O)CCCCCCCCCCCCCCCCCCCCCc1cccc2nc3ccccc3nc12. The third-order valence-electron chi connectivity index (χ3n) is 7.79. The number of unbranched alkanes of at least 4 members (excludes halogenated alkanes) is 18. The van der Waals surface area contributed by atoms with Crippen LogP contribution in [0.5, 0.6) is 0 Å². The maximum absolute atomic E-state index is 10.5. The lowest BCUT2D eigenvalue weighted by atomic mass is 10.0. The molecule has 4 heteroatoms. The summed E-state index contributed by atoms with van der Waals surface area (Å²) in [4.78, 5) is 20.2. The fourth-order valence-corrected chi connectivity index (χ4v) is 5.50. The summed E-state index contributed by atoms with van der Waals surface area (Å²) in [6.07, 6.45) is 26.4. The molecule has 0 unspecified atom stereocenters. The molecule has 0 aliphatic rings. The van der Waals surface area contributed by atoms with E-state index in [1.54, 1.807) is 0 Å². The first-order chi connectivity index (χ1) is 18.7. The van der Waals surface area contributed by atoms with E-state index in [4.69, 9.17) is 15.1 Å². The molecule has 0 aliphatic heterocycles. The number of carboxylic acid groups (broad SMARTS) is 1. The second-order valence-corrected chi connectivity index (χ2v) is 11.1. The van der Waals surface area contributed by atoms with Crippen molar-refractivity contribution in [2.75, 3.05) is 0 Å². The van der Waals surface area contributed by atoms with Crippen LogP contribution >= 0.6 is 0 Å². The van der Waals surface area contributed by atoms with E-state index in [-0.39, 0.29) is 0 Å². The highest BCUT2D eigenvalue weighted by Crippen LogP contribution is 2.21. The van der Waals surface area contributed by atoms with Gasteiger partial charge in [-0.2, -0.15) is 0 Å². The molecule has 4 nitrogen and oxygen atoms in total. The standard InChI is InChI=1S/C34H50N2O2/c37-33(38)28-19-17-15-13-11-9-7-5-3-1-2-4-6-8-10-12-14-16-18-23-29-24-22-27-32-34(29)36-31-26-21-20-25-30(31)35-32/h20-22,24-27H,1-19,23,28H2,(H,37,38). The Morgan fingerprint density at radius 1 is 0.500 bits per heavy atom. The molecule has 3 rings (SSSR count). The van der Waals surface area contributed by atoms with Crippen molar-refractivity contribution in [1.82, 2.24) is 9.97 Å². The quantitative estimate of drug-likeness (QED) is 0.106. The van der Waals surface area contributed by atoms with Crippen molar-refractivity contribution >= 4 is 28.0 Å². The van der Waals surface area contributed by atoms with Crippen LogP contribution < -0.4 is 0 Å². The molecule has 2 aromatic carbocycles. The lowest BCUT2D eigenvalue weighted by molar-refractivity contribution is -0.137. The van der Waals surface area contributed by atoms with Crippen molar-refractivity contribution in [2.24, 2.45) is 0 Å². The van der Waals surface area contributed by atoms with Gasteiger partial charge in [-0.3, -0.25) is 4.79 Å². The van der Waals surface area contributed by atoms with Crippen LogP contribution in [0, 0.1) is 0 Å². The van der Waals surface area contributed by atoms with Gasteiger partial charge in [-0.1, -0.05) is 133 Å². The number of fused-ring (bicyclic) bond motifs is 2. The fraction of sp³-hybridized carbons (Fsp3) is 0.618. The van der Waals surface area contributed by atoms with Crippen LogP contribution in [-0.2, 0) is 11.2 Å². The number of hydrogen-bond acceptors (Lipinski definition) is 3. The molecule has 0 saturated carbocycles. The van der Waals surface area contributed by atoms with Crippen molar-refractivity contribution in [3.63, 3.8) is 0 Å². The van der Waals surface area contributed by atoms with Crippen molar-refractivity contribution in [2.45, 2.75) is 135 Å². The van der Waals surface area contributed by atoms with Gasteiger partial charge in [-0.25, -0.2) is 9.97 Å². The van der Waals surface area contributed by atoms with Gasteiger partial charge in [0.25, 0.3) is 0 Å². The molecule has 1 aromatic heterocycles. The Kier molecular flexibility index (Phi) is 14.8. The van der Waals surface area contributed by atoms with Gasteiger partial charge in [0.15, 0.2) is 0 Å². The van der Waals surface area contributed by atoms with Gasteiger partial charge in [0.1, 0.15) is 0 Å². The third-order valence-corrected chi connectivity index (χ3v) is 7.79. The number of aliphatic carboxylic acids is 1. The van der Waals surface area contributed by atoms with Gasteiger partial charge in [-0.05, 0) is 43.0 Å². The number of hydrogen-bond donors (Lipinski definition) is 1. The van der Waals surface area contributed by atoms with Crippen molar-refractivity contribution < 1.29 is 9.90 Å². The van der Waals surface area contributed by atoms with Crippen molar-refractivity contribution in [3.05, 3.63) is 48.0 Å². The monoisotopic (exact) mass is 518 g/mol. The summed E-state index contributed by atoms with van der Waals surface area (Å²) >= 11 is 0. The van der Waals surface area contributed by atoms with Crippen LogP contribution in [0.25, 0.3) is 22.1 Å². The summed E-state index contributed by atoms with van der Waals surface area (Å²) in [5.74, 6) is -0.657. The van der Waals surface area contributed by atoms with Gasteiger partial charge < -0.3 is 5.11 Å². The first kappa shape index (κ1) is 30.1. The maximum Gasteiger partial charge on any atom is 0.303 e. The molecular weight excluding hydrogens is 468 g/mol. The predicted molar refractivity (Wildman–Crippen MR) is 161 cm³/mol. The number of aromatic nitrogens is 2. The lowest BCUT2D eigenvalue weighted by Crippen LogP contribution is -1.94. The van der Waals surface area contributed by atoms with E-state index in [9.17, 15) is 4.79 Å². The van der Waals surface area contributed by atoms with E-state index in [1.165, 1.54) is 115 Å². The van der Waals surface area contributed by atoms with Crippen LogP contribution in [-0.4, -0.2) is 21.0 Å². The Morgan fingerprint density at radius 2 is 0.921 bits per heavy atom. The number of rotatable bonds is 22. The average Bonchev–Trinajstić information content (AvgIpc) is 2.92. The van der Waals surface area contributed by atoms with E-state index in [1.807, 2.05) is 18.2 Å². The zero-order chi connectivity index (χ0) is 26.7. The molecule has 0 fully saturated rings. The van der Waals surface area contributed by atoms with Gasteiger partial charge in [-0.15, -0.1) is 0 Å². The summed E-state index contributed by atoms with van der Waals surface area (Å²) in [6.45, 7) is 0. The molecule has 0 aliphatic carbocycles. The summed E-state index contributed by atoms with van der Waals surface area (Å²) < 4.78 is 0. The molecular formula is C34H50N2O2. The topological polar surface area (TPSA) is 63.1 Å². The molecule has 1 heterocycles. The van der Waals surface area contributed by atoms with Crippen LogP contribution in [0.3, 0.4) is 0 Å². The van der Waals surface area contributed by atoms with Gasteiger partial charge in [0.05, 0.1) is 22.1 Å². The van der Waals surface area contributed by atoms with E-state index in [0.29, 0.717) is 6.42 Å². The Morgan fingerprint density at radius 3 is 1.42 bits per heavy atom. The molecule has 0 saturated heterocycles. The molecule has 0 atom stereocenters. The highest BCUT2D eigenvalue weighted by molar-refractivity contribution is 5.87. The minimum Gasteiger partial charge on any atom is -0.481 e. The molecule has 0 amide bonds. The third kappa shape index (κ3) is 11.9. The van der Waals surface area contributed by atoms with Gasteiger partial charge in [0.2, 0.25) is 0 Å². The lowest BCUT2D eigenvalue weighted by Gasteiger charge is -2.07. The van der Waals surface area contributed by atoms with E-state index >= 15 is 0 Å². The van der Waals surface area contributed by atoms with Crippen LogP contribution in [0.2, 0.25) is 0 Å². The smallest absolute Gasteiger partial charge is 0.303 e. The van der Waals surface area contributed by atoms with Crippen LogP contribution in [0.15, 0.2) is 42.5 Å². The van der Waals surface area contributed by atoms with E-state index in [0.717, 1.165) is 41.3 Å². The van der Waals surface area contributed by atoms with E-state index in [2.05, 4.69) is 24.3 Å². The number of carbonyl (C=O) groups is 1. The summed E-state index contributed by atoms with van der Waals surface area (Å²) in [5, 5.41) is 8.64. The van der Waals surface area contributed by atoms with Gasteiger partial charge >= 0.3 is 5.97 Å². The number of benzene rings is 2. The molecule has 0 bridgehead atoms. The molecule has 3 aromatic rings. The van der Waals surface area contributed by atoms with Crippen molar-refractivity contribution in [1.29, 1.82) is 0 Å². The Bertz CT molecular complexity index is 1060. The Labute approximate surface area is 230 Å². The summed E-state index contributed by atoms with van der Waals surface area (Å²) in [6, 6.07) is 14.6. The molecule has 0 spiro atoms. The maximum atomic E-state index is 10.5. The summed E-state index contributed by atoms with van der Waals surface area (Å²) in [5.41, 5.74) is 5.39. The van der Waals surface area contributed by atoms with Crippen molar-refractivity contribution in [3.8, 4) is 0 Å². The number of nitrogens with zero attached hydrogens (tertiary/aromatic N) is 2. The number of carboxylic acids is 1. The average molecular weight is 519 g/mol. The van der Waals surface area contributed by atoms with E-state index < -0.39 is 5.97 Å². The van der Waals surface area contributed by atoms with Crippen LogP contribution in [0.1, 0.15) is 134 Å². The predicted octanol–water partition coefficient (Wildman–Crippen LogP) is 10.2.